The van der Waals surface area contributed by atoms with Crippen molar-refractivity contribution >= 4 is 11.8 Å². The number of aliphatic imine (C=N–C) groups is 1. The molecular formula is C10H20N4O3. The number of amidine groups is 1. The van der Waals surface area contributed by atoms with Crippen LogP contribution < -0.4 is 16.8 Å². The van der Waals surface area contributed by atoms with Gasteiger partial charge in [-0.25, -0.2) is 0 Å². The maximum atomic E-state index is 10.5. The standard InChI is InChI=1S/C10H20N4O3/c11-8(10(15)16)5-13-3-1-7-6-17-4-2-9(12)14-7/h7-8,13H,1-6,11H2,(H2,12,14)(H,15,16)/t7?,8-/m0/s1. The second-order valence-electron chi connectivity index (χ2n) is 4.04. The maximum absolute atomic E-state index is 10.5. The molecule has 7 nitrogen and oxygen atoms in total. The molecule has 0 amide bonds. The third kappa shape index (κ3) is 5.62. The highest BCUT2D eigenvalue weighted by atomic mass is 16.5. The predicted octanol–water partition coefficient (Wildman–Crippen LogP) is -1.48. The van der Waals surface area contributed by atoms with Gasteiger partial charge in [0.15, 0.2) is 0 Å². The van der Waals surface area contributed by atoms with Crippen molar-refractivity contribution in [1.82, 2.24) is 5.32 Å². The lowest BCUT2D eigenvalue weighted by Crippen LogP contribution is -2.41. The second kappa shape index (κ2) is 7.21. The quantitative estimate of drug-likeness (QED) is 0.423. The number of nitrogens with two attached hydrogens (primary N) is 2. The van der Waals surface area contributed by atoms with Gasteiger partial charge in [-0.2, -0.15) is 0 Å². The van der Waals surface area contributed by atoms with Gasteiger partial charge in [0, 0.05) is 13.0 Å². The van der Waals surface area contributed by atoms with Gasteiger partial charge in [0.05, 0.1) is 25.1 Å². The number of nitrogens with zero attached hydrogens (tertiary/aromatic N) is 1. The maximum Gasteiger partial charge on any atom is 0.321 e. The van der Waals surface area contributed by atoms with Crippen molar-refractivity contribution in [3.8, 4) is 0 Å². The molecule has 0 fully saturated rings. The van der Waals surface area contributed by atoms with Crippen LogP contribution in [-0.4, -0.2) is 55.3 Å². The van der Waals surface area contributed by atoms with Crippen molar-refractivity contribution in [3.63, 3.8) is 0 Å². The zero-order valence-corrected chi connectivity index (χ0v) is 9.76. The zero-order valence-electron chi connectivity index (χ0n) is 9.76. The van der Waals surface area contributed by atoms with Crippen LogP contribution in [-0.2, 0) is 9.53 Å². The first-order valence-electron chi connectivity index (χ1n) is 5.68. The van der Waals surface area contributed by atoms with Gasteiger partial charge in [0.2, 0.25) is 0 Å². The molecule has 1 aliphatic heterocycles. The van der Waals surface area contributed by atoms with Crippen molar-refractivity contribution in [2.75, 3.05) is 26.3 Å². The molecule has 0 radical (unpaired) electrons. The summed E-state index contributed by atoms with van der Waals surface area (Å²) >= 11 is 0. The van der Waals surface area contributed by atoms with E-state index in [9.17, 15) is 4.79 Å². The molecule has 2 atom stereocenters. The van der Waals surface area contributed by atoms with Crippen LogP contribution in [0.4, 0.5) is 0 Å². The fraction of sp³-hybridized carbons (Fsp3) is 0.800. The van der Waals surface area contributed by atoms with Gasteiger partial charge >= 0.3 is 5.97 Å². The normalized spacial score (nSPS) is 22.6. The number of rotatable bonds is 6. The van der Waals surface area contributed by atoms with Crippen LogP contribution in [0.2, 0.25) is 0 Å². The Hall–Kier alpha value is -1.18. The van der Waals surface area contributed by atoms with Crippen LogP contribution in [0, 0.1) is 0 Å². The molecule has 0 aliphatic carbocycles. The summed E-state index contributed by atoms with van der Waals surface area (Å²) in [6, 6.07) is -0.819. The van der Waals surface area contributed by atoms with Crippen LogP contribution in [0.5, 0.6) is 0 Å². The third-order valence-corrected chi connectivity index (χ3v) is 2.50. The van der Waals surface area contributed by atoms with Crippen molar-refractivity contribution in [3.05, 3.63) is 0 Å². The molecule has 0 spiro atoms. The molecule has 0 aromatic carbocycles. The Kier molecular flexibility index (Phi) is 5.88. The summed E-state index contributed by atoms with van der Waals surface area (Å²) in [7, 11) is 0. The molecule has 0 saturated heterocycles. The average Bonchev–Trinajstić information content (AvgIpc) is 2.48. The van der Waals surface area contributed by atoms with E-state index in [2.05, 4.69) is 10.3 Å². The number of carboxylic acid groups (broad SMARTS) is 1. The van der Waals surface area contributed by atoms with E-state index in [4.69, 9.17) is 21.3 Å². The Bertz CT molecular complexity index is 283. The van der Waals surface area contributed by atoms with E-state index in [-0.39, 0.29) is 12.6 Å². The molecule has 6 N–H and O–H groups in total. The van der Waals surface area contributed by atoms with Gasteiger partial charge in [-0.1, -0.05) is 0 Å². The first-order valence-corrected chi connectivity index (χ1v) is 5.68. The number of ether oxygens (including phenoxy) is 1. The number of nitrogens with one attached hydrogen (secondary N) is 1. The Morgan fingerprint density at radius 1 is 1.71 bits per heavy atom. The van der Waals surface area contributed by atoms with E-state index in [0.29, 0.717) is 32.0 Å². The van der Waals surface area contributed by atoms with E-state index in [0.717, 1.165) is 6.42 Å². The van der Waals surface area contributed by atoms with Gasteiger partial charge in [0.1, 0.15) is 6.04 Å². The number of hydrogen-bond acceptors (Lipinski definition) is 6. The summed E-state index contributed by atoms with van der Waals surface area (Å²) < 4.78 is 5.35. The van der Waals surface area contributed by atoms with E-state index in [1.807, 2.05) is 0 Å². The fourth-order valence-corrected chi connectivity index (χ4v) is 1.49. The second-order valence-corrected chi connectivity index (χ2v) is 4.04. The summed E-state index contributed by atoms with van der Waals surface area (Å²) in [5, 5.41) is 11.6. The number of hydrogen-bond donors (Lipinski definition) is 4. The molecule has 0 bridgehead atoms. The van der Waals surface area contributed by atoms with E-state index in [1.165, 1.54) is 0 Å². The smallest absolute Gasteiger partial charge is 0.321 e. The Morgan fingerprint density at radius 2 is 2.47 bits per heavy atom. The Labute approximate surface area is 100 Å². The zero-order chi connectivity index (χ0) is 12.7. The van der Waals surface area contributed by atoms with Crippen LogP contribution in [0.25, 0.3) is 0 Å². The van der Waals surface area contributed by atoms with Crippen LogP contribution in [0.3, 0.4) is 0 Å². The Balaban J connectivity index is 2.17. The molecular weight excluding hydrogens is 224 g/mol. The van der Waals surface area contributed by atoms with Crippen LogP contribution >= 0.6 is 0 Å². The number of aliphatic carboxylic acids is 1. The summed E-state index contributed by atoms with van der Waals surface area (Å²) in [6.07, 6.45) is 1.43. The first-order chi connectivity index (χ1) is 8.09. The molecule has 1 unspecified atom stereocenters. The lowest BCUT2D eigenvalue weighted by atomic mass is 10.2. The molecule has 98 valence electrons. The average molecular weight is 244 g/mol. The van der Waals surface area contributed by atoms with E-state index in [1.54, 1.807) is 0 Å². The van der Waals surface area contributed by atoms with Gasteiger partial charge in [-0.15, -0.1) is 0 Å². The lowest BCUT2D eigenvalue weighted by Gasteiger charge is -2.12. The van der Waals surface area contributed by atoms with Gasteiger partial charge < -0.3 is 26.6 Å². The molecule has 1 aliphatic rings. The van der Waals surface area contributed by atoms with Crippen molar-refractivity contribution in [2.24, 2.45) is 16.5 Å². The fourth-order valence-electron chi connectivity index (χ4n) is 1.49. The molecule has 1 rings (SSSR count). The van der Waals surface area contributed by atoms with Crippen LogP contribution in [0.1, 0.15) is 12.8 Å². The summed E-state index contributed by atoms with van der Waals surface area (Å²) in [4.78, 5) is 14.8. The van der Waals surface area contributed by atoms with Crippen molar-refractivity contribution in [1.29, 1.82) is 0 Å². The third-order valence-electron chi connectivity index (χ3n) is 2.50. The van der Waals surface area contributed by atoms with Crippen molar-refractivity contribution < 1.29 is 14.6 Å². The largest absolute Gasteiger partial charge is 0.480 e. The highest BCUT2D eigenvalue weighted by Gasteiger charge is 2.13. The van der Waals surface area contributed by atoms with E-state index < -0.39 is 12.0 Å². The molecule has 7 heteroatoms. The monoisotopic (exact) mass is 244 g/mol. The summed E-state index contributed by atoms with van der Waals surface area (Å²) in [6.45, 7) is 2.07. The lowest BCUT2D eigenvalue weighted by molar-refractivity contribution is -0.138. The number of carbonyl (C=O) groups is 1. The minimum atomic E-state index is -1.00. The SMILES string of the molecule is NC1=NC(CCNC[C@H](N)C(=O)O)COCC1. The number of carboxylic acids is 1. The Morgan fingerprint density at radius 3 is 3.18 bits per heavy atom. The molecule has 0 saturated carbocycles. The topological polar surface area (TPSA) is 123 Å². The molecule has 0 aromatic rings. The minimum Gasteiger partial charge on any atom is -0.480 e. The molecule has 17 heavy (non-hydrogen) atoms. The minimum absolute atomic E-state index is 0.0473. The first kappa shape index (κ1) is 13.9. The van der Waals surface area contributed by atoms with E-state index >= 15 is 0 Å². The highest BCUT2D eigenvalue weighted by Crippen LogP contribution is 2.04. The molecule has 1 heterocycles. The van der Waals surface area contributed by atoms with Crippen molar-refractivity contribution in [2.45, 2.75) is 24.9 Å². The highest BCUT2D eigenvalue weighted by molar-refractivity contribution is 5.80. The van der Waals surface area contributed by atoms with Gasteiger partial charge in [-0.05, 0) is 13.0 Å². The summed E-state index contributed by atoms with van der Waals surface area (Å²) in [5.41, 5.74) is 11.0. The predicted molar refractivity (Wildman–Crippen MR) is 63.9 cm³/mol. The molecule has 0 aromatic heterocycles. The van der Waals surface area contributed by atoms with Crippen LogP contribution in [0.15, 0.2) is 4.99 Å². The summed E-state index contributed by atoms with van der Waals surface area (Å²) in [5.74, 6) is -0.382. The van der Waals surface area contributed by atoms with Gasteiger partial charge in [0.25, 0.3) is 0 Å². The van der Waals surface area contributed by atoms with Gasteiger partial charge in [-0.3, -0.25) is 9.79 Å².